The highest BCUT2D eigenvalue weighted by Crippen LogP contribution is 2.37. The molecule has 11 heteroatoms. The molecule has 3 aromatic rings. The van der Waals surface area contributed by atoms with Crippen molar-refractivity contribution < 1.29 is 23.5 Å². The molecule has 0 aromatic heterocycles. The Bertz CT molecular complexity index is 1210. The van der Waals surface area contributed by atoms with Crippen molar-refractivity contribution >= 4 is 71.5 Å². The van der Waals surface area contributed by atoms with E-state index in [0.717, 1.165) is 19.0 Å². The minimum atomic E-state index is -0.970. The summed E-state index contributed by atoms with van der Waals surface area (Å²) in [6, 6.07) is 14.0. The van der Waals surface area contributed by atoms with Crippen molar-refractivity contribution in [2.24, 2.45) is 5.10 Å². The van der Waals surface area contributed by atoms with E-state index >= 15 is 0 Å². The molecule has 0 heterocycles. The van der Waals surface area contributed by atoms with E-state index in [0.29, 0.717) is 17.1 Å². The Kier molecular flexibility index (Phi) is 9.20. The van der Waals surface area contributed by atoms with Gasteiger partial charge < -0.3 is 14.8 Å². The molecule has 0 bridgehead atoms. The number of hydrogen-bond acceptors (Lipinski definition) is 5. The molecule has 7 nitrogen and oxygen atoms in total. The summed E-state index contributed by atoms with van der Waals surface area (Å²) >= 11 is 10.4. The van der Waals surface area contributed by atoms with Gasteiger partial charge in [0.1, 0.15) is 23.9 Å². The lowest BCUT2D eigenvalue weighted by Crippen LogP contribution is -2.32. The molecule has 0 saturated heterocycles. The van der Waals surface area contributed by atoms with Crippen molar-refractivity contribution in [1.29, 1.82) is 0 Å². The molecular weight excluding hydrogens is 641 g/mol. The number of anilines is 1. The number of methoxy groups -OCH3 is 1. The van der Waals surface area contributed by atoms with Crippen molar-refractivity contribution in [1.82, 2.24) is 5.43 Å². The molecule has 3 rings (SSSR count). The molecule has 2 amide bonds. The number of hydrogen-bond donors (Lipinski definition) is 2. The molecular formula is C23H17Br3FN3O4. The third-order valence-electron chi connectivity index (χ3n) is 4.33. The summed E-state index contributed by atoms with van der Waals surface area (Å²) in [6.45, 7) is 0.204. The quantitative estimate of drug-likeness (QED) is 0.191. The topological polar surface area (TPSA) is 89.0 Å². The van der Waals surface area contributed by atoms with E-state index in [2.05, 4.69) is 63.6 Å². The van der Waals surface area contributed by atoms with Gasteiger partial charge in [-0.2, -0.15) is 5.10 Å². The molecule has 0 unspecified atom stereocenters. The number of amides is 2. The SMILES string of the molecule is COc1ccc(/C=N/NC(=O)C(=O)Nc2ccc(F)cc2)cc1COc1c(Br)cc(Br)cc1Br. The predicted octanol–water partition coefficient (Wildman–Crippen LogP) is 5.79. The summed E-state index contributed by atoms with van der Waals surface area (Å²) in [5.74, 6) is -1.11. The lowest BCUT2D eigenvalue weighted by atomic mass is 10.1. The normalized spacial score (nSPS) is 10.7. The molecule has 0 aliphatic carbocycles. The van der Waals surface area contributed by atoms with Crippen LogP contribution in [0.15, 0.2) is 73.1 Å². The highest BCUT2D eigenvalue weighted by atomic mass is 79.9. The maximum absolute atomic E-state index is 12.9. The van der Waals surface area contributed by atoms with Crippen LogP contribution in [-0.2, 0) is 16.2 Å². The van der Waals surface area contributed by atoms with E-state index in [9.17, 15) is 14.0 Å². The zero-order chi connectivity index (χ0) is 24.7. The number of carbonyl (C=O) groups is 2. The van der Waals surface area contributed by atoms with E-state index < -0.39 is 17.6 Å². The number of nitrogens with zero attached hydrogens (tertiary/aromatic N) is 1. The van der Waals surface area contributed by atoms with Crippen molar-refractivity contribution in [2.45, 2.75) is 6.61 Å². The van der Waals surface area contributed by atoms with Crippen LogP contribution in [0.5, 0.6) is 11.5 Å². The Labute approximate surface area is 220 Å². The van der Waals surface area contributed by atoms with Gasteiger partial charge in [-0.15, -0.1) is 0 Å². The Morgan fingerprint density at radius 3 is 2.32 bits per heavy atom. The zero-order valence-corrected chi connectivity index (χ0v) is 22.3. The van der Waals surface area contributed by atoms with Gasteiger partial charge in [-0.3, -0.25) is 9.59 Å². The average molecular weight is 658 g/mol. The monoisotopic (exact) mass is 655 g/mol. The minimum absolute atomic E-state index is 0.204. The smallest absolute Gasteiger partial charge is 0.329 e. The van der Waals surface area contributed by atoms with Crippen molar-refractivity contribution in [2.75, 3.05) is 12.4 Å². The number of ether oxygens (including phenoxy) is 2. The van der Waals surface area contributed by atoms with Gasteiger partial charge in [0.05, 0.1) is 22.3 Å². The number of rotatable bonds is 7. The number of carbonyl (C=O) groups excluding carboxylic acids is 2. The Hall–Kier alpha value is -2.76. The van der Waals surface area contributed by atoms with Crippen LogP contribution in [-0.4, -0.2) is 25.1 Å². The van der Waals surface area contributed by atoms with E-state index in [-0.39, 0.29) is 12.3 Å². The number of benzene rings is 3. The van der Waals surface area contributed by atoms with Crippen LogP contribution in [0.3, 0.4) is 0 Å². The van der Waals surface area contributed by atoms with Gasteiger partial charge in [0.25, 0.3) is 0 Å². The molecule has 34 heavy (non-hydrogen) atoms. The standard InChI is InChI=1S/C23H17Br3FN3O4/c1-33-20-7-2-13(8-14(20)12-34-21-18(25)9-15(24)10-19(21)26)11-28-30-23(32)22(31)29-17-5-3-16(27)4-6-17/h2-11H,12H2,1H3,(H,29,31)(H,30,32)/b28-11+. The van der Waals surface area contributed by atoms with Crippen LogP contribution in [0.25, 0.3) is 0 Å². The third kappa shape index (κ3) is 7.12. The maximum atomic E-state index is 12.9. The summed E-state index contributed by atoms with van der Waals surface area (Å²) in [7, 11) is 1.55. The van der Waals surface area contributed by atoms with Gasteiger partial charge in [-0.05, 0) is 92.0 Å². The Morgan fingerprint density at radius 1 is 1.00 bits per heavy atom. The van der Waals surface area contributed by atoms with Crippen molar-refractivity contribution in [3.63, 3.8) is 0 Å². The first kappa shape index (κ1) is 25.9. The summed E-state index contributed by atoms with van der Waals surface area (Å²) in [4.78, 5) is 23.9. The van der Waals surface area contributed by atoms with Crippen LogP contribution in [0.2, 0.25) is 0 Å². The van der Waals surface area contributed by atoms with Crippen molar-refractivity contribution in [3.05, 3.63) is 85.0 Å². The second-order valence-corrected chi connectivity index (χ2v) is 9.34. The fourth-order valence-electron chi connectivity index (χ4n) is 2.75. The molecule has 0 radical (unpaired) electrons. The van der Waals surface area contributed by atoms with Gasteiger partial charge in [0.2, 0.25) is 0 Å². The molecule has 176 valence electrons. The number of halogens is 4. The van der Waals surface area contributed by atoms with Gasteiger partial charge in [-0.25, -0.2) is 9.82 Å². The molecule has 0 fully saturated rings. The van der Waals surface area contributed by atoms with E-state index in [1.54, 1.807) is 25.3 Å². The van der Waals surface area contributed by atoms with Crippen LogP contribution in [0.1, 0.15) is 11.1 Å². The Balaban J connectivity index is 1.63. The molecule has 0 saturated carbocycles. The molecule has 0 spiro atoms. The highest BCUT2D eigenvalue weighted by Gasteiger charge is 2.13. The molecule has 0 aliphatic rings. The second-order valence-electron chi connectivity index (χ2n) is 6.72. The molecule has 0 atom stereocenters. The van der Waals surface area contributed by atoms with E-state index in [4.69, 9.17) is 9.47 Å². The largest absolute Gasteiger partial charge is 0.496 e. The second kappa shape index (κ2) is 12.1. The average Bonchev–Trinajstić information content (AvgIpc) is 2.80. The number of nitrogens with one attached hydrogen (secondary N) is 2. The van der Waals surface area contributed by atoms with Crippen LogP contribution >= 0.6 is 47.8 Å². The summed E-state index contributed by atoms with van der Waals surface area (Å²) in [5, 5.41) is 6.18. The van der Waals surface area contributed by atoms with Crippen LogP contribution in [0.4, 0.5) is 10.1 Å². The molecule has 3 aromatic carbocycles. The lowest BCUT2D eigenvalue weighted by molar-refractivity contribution is -0.136. The third-order valence-corrected chi connectivity index (χ3v) is 5.96. The van der Waals surface area contributed by atoms with Crippen molar-refractivity contribution in [3.8, 4) is 11.5 Å². The fraction of sp³-hybridized carbons (Fsp3) is 0.0870. The first-order valence-electron chi connectivity index (χ1n) is 9.61. The van der Waals surface area contributed by atoms with Gasteiger partial charge in [0, 0.05) is 15.7 Å². The van der Waals surface area contributed by atoms with Crippen LogP contribution < -0.4 is 20.2 Å². The summed E-state index contributed by atoms with van der Waals surface area (Å²) < 4.78 is 26.7. The predicted molar refractivity (Wildman–Crippen MR) is 138 cm³/mol. The minimum Gasteiger partial charge on any atom is -0.496 e. The van der Waals surface area contributed by atoms with Gasteiger partial charge in [-0.1, -0.05) is 15.9 Å². The molecule has 2 N–H and O–H groups in total. The first-order valence-corrected chi connectivity index (χ1v) is 12.0. The highest BCUT2D eigenvalue weighted by molar-refractivity contribution is 9.11. The maximum Gasteiger partial charge on any atom is 0.329 e. The number of hydrazone groups is 1. The zero-order valence-electron chi connectivity index (χ0n) is 17.6. The Morgan fingerprint density at radius 2 is 1.68 bits per heavy atom. The van der Waals surface area contributed by atoms with Gasteiger partial charge >= 0.3 is 11.8 Å². The summed E-state index contributed by atoms with van der Waals surface area (Å²) in [5.41, 5.74) is 3.83. The summed E-state index contributed by atoms with van der Waals surface area (Å²) in [6.07, 6.45) is 1.39. The van der Waals surface area contributed by atoms with Crippen LogP contribution in [0, 0.1) is 5.82 Å². The van der Waals surface area contributed by atoms with Gasteiger partial charge in [0.15, 0.2) is 0 Å². The first-order chi connectivity index (χ1) is 16.3. The molecule has 0 aliphatic heterocycles. The van der Waals surface area contributed by atoms with E-state index in [1.165, 1.54) is 30.5 Å². The fourth-order valence-corrected chi connectivity index (χ4v) is 5.23. The lowest BCUT2D eigenvalue weighted by Gasteiger charge is -2.13. The van der Waals surface area contributed by atoms with E-state index in [1.807, 2.05) is 12.1 Å².